The standard InChI is InChI=1S/C12H22N2S2/c1-9-7-14(8-10(2)16-9)12(15)13-11-5-3-4-6-11/h9-11H,3-8H2,1-2H3,(H,13,15). The van der Waals surface area contributed by atoms with Crippen LogP contribution in [-0.2, 0) is 0 Å². The van der Waals surface area contributed by atoms with Gasteiger partial charge >= 0.3 is 0 Å². The molecule has 2 nitrogen and oxygen atoms in total. The molecule has 2 fully saturated rings. The summed E-state index contributed by atoms with van der Waals surface area (Å²) in [5.41, 5.74) is 0. The quantitative estimate of drug-likeness (QED) is 0.727. The van der Waals surface area contributed by atoms with Crippen LogP contribution in [0.15, 0.2) is 0 Å². The van der Waals surface area contributed by atoms with E-state index in [9.17, 15) is 0 Å². The molecule has 0 aromatic rings. The van der Waals surface area contributed by atoms with Gasteiger partial charge < -0.3 is 10.2 Å². The molecule has 1 saturated heterocycles. The van der Waals surface area contributed by atoms with Crippen molar-refractivity contribution in [1.82, 2.24) is 10.2 Å². The molecule has 0 aromatic heterocycles. The number of hydrogen-bond donors (Lipinski definition) is 1. The predicted octanol–water partition coefficient (Wildman–Crippen LogP) is 2.63. The van der Waals surface area contributed by atoms with Gasteiger partial charge in [0, 0.05) is 29.6 Å². The SMILES string of the molecule is CC1CN(C(=S)NC2CCCC2)CC(C)S1. The Morgan fingerprint density at radius 3 is 2.31 bits per heavy atom. The summed E-state index contributed by atoms with van der Waals surface area (Å²) < 4.78 is 0. The van der Waals surface area contributed by atoms with Crippen LogP contribution in [0.1, 0.15) is 39.5 Å². The van der Waals surface area contributed by atoms with Crippen LogP contribution in [0.5, 0.6) is 0 Å². The van der Waals surface area contributed by atoms with Crippen LogP contribution >= 0.6 is 24.0 Å². The molecule has 92 valence electrons. The minimum atomic E-state index is 0.646. The number of hydrogen-bond acceptors (Lipinski definition) is 2. The van der Waals surface area contributed by atoms with Crippen LogP contribution in [-0.4, -0.2) is 39.6 Å². The van der Waals surface area contributed by atoms with E-state index in [1.165, 1.54) is 25.7 Å². The zero-order valence-corrected chi connectivity index (χ0v) is 11.9. The van der Waals surface area contributed by atoms with Gasteiger partial charge in [0.2, 0.25) is 0 Å². The highest BCUT2D eigenvalue weighted by atomic mass is 32.2. The third kappa shape index (κ3) is 3.27. The molecule has 1 aliphatic heterocycles. The lowest BCUT2D eigenvalue weighted by molar-refractivity contribution is 0.396. The highest BCUT2D eigenvalue weighted by molar-refractivity contribution is 8.00. The van der Waals surface area contributed by atoms with Crippen molar-refractivity contribution in [1.29, 1.82) is 0 Å². The molecule has 0 radical (unpaired) electrons. The monoisotopic (exact) mass is 258 g/mol. The lowest BCUT2D eigenvalue weighted by atomic mass is 10.2. The van der Waals surface area contributed by atoms with E-state index >= 15 is 0 Å². The van der Waals surface area contributed by atoms with Gasteiger partial charge in [-0.05, 0) is 25.1 Å². The number of thioether (sulfide) groups is 1. The van der Waals surface area contributed by atoms with Crippen LogP contribution in [0, 0.1) is 0 Å². The summed E-state index contributed by atoms with van der Waals surface area (Å²) in [7, 11) is 0. The maximum Gasteiger partial charge on any atom is 0.169 e. The van der Waals surface area contributed by atoms with Gasteiger partial charge in [0.05, 0.1) is 0 Å². The number of nitrogens with one attached hydrogen (secondary N) is 1. The average Bonchev–Trinajstić information content (AvgIpc) is 2.68. The van der Waals surface area contributed by atoms with Crippen molar-refractivity contribution in [2.45, 2.75) is 56.1 Å². The van der Waals surface area contributed by atoms with Gasteiger partial charge in [-0.1, -0.05) is 26.7 Å². The fourth-order valence-corrected chi connectivity index (χ4v) is 4.32. The van der Waals surface area contributed by atoms with Gasteiger partial charge in [-0.3, -0.25) is 0 Å². The Kier molecular flexibility index (Phi) is 4.36. The molecule has 2 aliphatic rings. The molecule has 0 spiro atoms. The van der Waals surface area contributed by atoms with Crippen LogP contribution in [0.2, 0.25) is 0 Å². The van der Waals surface area contributed by atoms with Crippen molar-refractivity contribution in [3.8, 4) is 0 Å². The van der Waals surface area contributed by atoms with E-state index in [0.29, 0.717) is 16.5 Å². The Balaban J connectivity index is 1.83. The second-order valence-electron chi connectivity index (χ2n) is 5.09. The van der Waals surface area contributed by atoms with E-state index in [0.717, 1.165) is 18.2 Å². The molecule has 16 heavy (non-hydrogen) atoms. The van der Waals surface area contributed by atoms with Gasteiger partial charge in [0.1, 0.15) is 0 Å². The summed E-state index contributed by atoms with van der Waals surface area (Å²) in [5, 5.41) is 5.93. The molecule has 2 unspecified atom stereocenters. The first-order valence-corrected chi connectivity index (χ1v) is 7.71. The molecule has 2 rings (SSSR count). The van der Waals surface area contributed by atoms with Gasteiger partial charge in [0.15, 0.2) is 5.11 Å². The fraction of sp³-hybridized carbons (Fsp3) is 0.917. The topological polar surface area (TPSA) is 15.3 Å². The number of thiocarbonyl (C=S) groups is 1. The molecule has 0 aromatic carbocycles. The van der Waals surface area contributed by atoms with Gasteiger partial charge in [0.25, 0.3) is 0 Å². The first-order chi connectivity index (χ1) is 7.65. The summed E-state index contributed by atoms with van der Waals surface area (Å²) in [5.74, 6) is 0. The summed E-state index contributed by atoms with van der Waals surface area (Å²) in [6, 6.07) is 0.646. The molecule has 2 atom stereocenters. The molecule has 1 aliphatic carbocycles. The minimum absolute atomic E-state index is 0.646. The van der Waals surface area contributed by atoms with Crippen molar-refractivity contribution in [2.75, 3.05) is 13.1 Å². The molecule has 1 N–H and O–H groups in total. The smallest absolute Gasteiger partial charge is 0.169 e. The van der Waals surface area contributed by atoms with Crippen LogP contribution in [0.25, 0.3) is 0 Å². The van der Waals surface area contributed by atoms with E-state index in [2.05, 4.69) is 35.8 Å². The Morgan fingerprint density at radius 1 is 1.19 bits per heavy atom. The third-order valence-electron chi connectivity index (χ3n) is 3.39. The fourth-order valence-electron chi connectivity index (χ4n) is 2.68. The second-order valence-corrected chi connectivity index (χ2v) is 7.36. The molecule has 0 amide bonds. The Hall–Kier alpha value is 0.0400. The molecule has 0 bridgehead atoms. The maximum absolute atomic E-state index is 5.52. The molecule has 4 heteroatoms. The van der Waals surface area contributed by atoms with E-state index in [-0.39, 0.29) is 0 Å². The van der Waals surface area contributed by atoms with Crippen LogP contribution in [0.3, 0.4) is 0 Å². The number of nitrogens with zero attached hydrogens (tertiary/aromatic N) is 1. The van der Waals surface area contributed by atoms with Crippen molar-refractivity contribution < 1.29 is 0 Å². The average molecular weight is 258 g/mol. The lowest BCUT2D eigenvalue weighted by Gasteiger charge is -2.37. The van der Waals surface area contributed by atoms with Crippen molar-refractivity contribution in [2.24, 2.45) is 0 Å². The number of rotatable bonds is 1. The zero-order chi connectivity index (χ0) is 11.5. The molecule has 1 heterocycles. The molecular weight excluding hydrogens is 236 g/mol. The van der Waals surface area contributed by atoms with E-state index in [4.69, 9.17) is 12.2 Å². The first kappa shape index (κ1) is 12.5. The van der Waals surface area contributed by atoms with Gasteiger partial charge in [-0.15, -0.1) is 0 Å². The summed E-state index contributed by atoms with van der Waals surface area (Å²) in [4.78, 5) is 2.36. The highest BCUT2D eigenvalue weighted by Crippen LogP contribution is 2.25. The normalized spacial score (nSPS) is 31.8. The maximum atomic E-state index is 5.52. The summed E-state index contributed by atoms with van der Waals surface area (Å²) in [6.07, 6.45) is 5.33. The summed E-state index contributed by atoms with van der Waals surface area (Å²) >= 11 is 7.60. The van der Waals surface area contributed by atoms with E-state index in [1.807, 2.05) is 0 Å². The Bertz CT molecular complexity index is 241. The highest BCUT2D eigenvalue weighted by Gasteiger charge is 2.25. The van der Waals surface area contributed by atoms with Crippen LogP contribution in [0.4, 0.5) is 0 Å². The van der Waals surface area contributed by atoms with Crippen LogP contribution < -0.4 is 5.32 Å². The second kappa shape index (κ2) is 5.58. The molecular formula is C12H22N2S2. The Morgan fingerprint density at radius 2 is 1.75 bits per heavy atom. The summed E-state index contributed by atoms with van der Waals surface area (Å²) in [6.45, 7) is 6.80. The Labute approximate surface area is 109 Å². The first-order valence-electron chi connectivity index (χ1n) is 6.36. The lowest BCUT2D eigenvalue weighted by Crippen LogP contribution is -2.50. The van der Waals surface area contributed by atoms with E-state index in [1.54, 1.807) is 0 Å². The zero-order valence-electron chi connectivity index (χ0n) is 10.2. The van der Waals surface area contributed by atoms with Crippen molar-refractivity contribution in [3.05, 3.63) is 0 Å². The van der Waals surface area contributed by atoms with E-state index < -0.39 is 0 Å². The third-order valence-corrected chi connectivity index (χ3v) is 4.99. The van der Waals surface area contributed by atoms with Crippen molar-refractivity contribution in [3.63, 3.8) is 0 Å². The molecule has 1 saturated carbocycles. The van der Waals surface area contributed by atoms with Gasteiger partial charge in [-0.25, -0.2) is 0 Å². The van der Waals surface area contributed by atoms with Crippen molar-refractivity contribution >= 4 is 29.1 Å². The predicted molar refractivity (Wildman–Crippen MR) is 76.1 cm³/mol. The van der Waals surface area contributed by atoms with Gasteiger partial charge in [-0.2, -0.15) is 11.8 Å². The minimum Gasteiger partial charge on any atom is -0.360 e. The largest absolute Gasteiger partial charge is 0.360 e.